The van der Waals surface area contributed by atoms with Gasteiger partial charge in [0, 0.05) is 5.92 Å². The van der Waals surface area contributed by atoms with Crippen molar-refractivity contribution in [1.29, 1.82) is 0 Å². The van der Waals surface area contributed by atoms with E-state index < -0.39 is 23.4 Å². The molecule has 160 valence electrons. The summed E-state index contributed by atoms with van der Waals surface area (Å²) in [4.78, 5) is 13.0. The quantitative estimate of drug-likeness (QED) is 0.546. The maximum absolute atomic E-state index is 13.4. The fraction of sp³-hybridized carbons (Fsp3) is 0.609. The van der Waals surface area contributed by atoms with Gasteiger partial charge in [-0.05, 0) is 47.7 Å². The van der Waals surface area contributed by atoms with Crippen LogP contribution in [-0.4, -0.2) is 33.9 Å². The summed E-state index contributed by atoms with van der Waals surface area (Å²) in [6.07, 6.45) is 2.93. The minimum absolute atomic E-state index is 0.199. The summed E-state index contributed by atoms with van der Waals surface area (Å²) < 4.78 is 33.8. The van der Waals surface area contributed by atoms with Crippen LogP contribution in [0.25, 0.3) is 0 Å². The molecule has 1 aromatic carbocycles. The van der Waals surface area contributed by atoms with E-state index in [-0.39, 0.29) is 22.7 Å². The van der Waals surface area contributed by atoms with Crippen molar-refractivity contribution in [2.45, 2.75) is 87.3 Å². The molecule has 0 radical (unpaired) electrons. The lowest BCUT2D eigenvalue weighted by Crippen LogP contribution is -2.52. The van der Waals surface area contributed by atoms with Crippen LogP contribution in [0.4, 0.5) is 0 Å². The Labute approximate surface area is 176 Å². The van der Waals surface area contributed by atoms with Crippen LogP contribution in [0.2, 0.25) is 16.6 Å². The van der Waals surface area contributed by atoms with Crippen molar-refractivity contribution in [3.63, 3.8) is 0 Å². The normalized spacial score (nSPS) is 25.2. The van der Waals surface area contributed by atoms with E-state index in [4.69, 9.17) is 4.43 Å². The zero-order valence-electron chi connectivity index (χ0n) is 18.4. The molecule has 0 unspecified atom stereocenters. The minimum Gasteiger partial charge on any atom is -0.412 e. The van der Waals surface area contributed by atoms with Crippen molar-refractivity contribution < 1.29 is 17.6 Å². The number of ketones is 1. The number of hydrogen-bond acceptors (Lipinski definition) is 4. The van der Waals surface area contributed by atoms with Gasteiger partial charge in [-0.15, -0.1) is 0 Å². The second-order valence-electron chi connectivity index (χ2n) is 9.44. The highest BCUT2D eigenvalue weighted by Crippen LogP contribution is 2.50. The van der Waals surface area contributed by atoms with E-state index in [9.17, 15) is 13.2 Å². The molecule has 0 spiro atoms. The van der Waals surface area contributed by atoms with Crippen LogP contribution in [0.1, 0.15) is 54.4 Å². The van der Waals surface area contributed by atoms with Crippen LogP contribution in [0, 0.1) is 5.92 Å². The molecule has 3 atom stereocenters. The van der Waals surface area contributed by atoms with Crippen LogP contribution in [0.5, 0.6) is 0 Å². The van der Waals surface area contributed by atoms with Gasteiger partial charge in [0.1, 0.15) is 5.25 Å². The van der Waals surface area contributed by atoms with E-state index in [0.29, 0.717) is 16.6 Å². The highest BCUT2D eigenvalue weighted by molar-refractivity contribution is 7.93. The predicted molar refractivity (Wildman–Crippen MR) is 119 cm³/mol. The third-order valence-corrected chi connectivity index (χ3v) is 15.2. The van der Waals surface area contributed by atoms with Crippen LogP contribution in [0.3, 0.4) is 0 Å². The topological polar surface area (TPSA) is 60.4 Å². The SMILES string of the molecule is CC(C)[Si](O[C@H]1CCC2=CC(=O)[C@H](S(=O)(=O)c3ccccc3)[C@H]21)(C(C)C)C(C)C. The number of sulfone groups is 1. The van der Waals surface area contributed by atoms with Crippen molar-refractivity contribution >= 4 is 23.9 Å². The van der Waals surface area contributed by atoms with E-state index >= 15 is 0 Å². The van der Waals surface area contributed by atoms with Gasteiger partial charge in [0.25, 0.3) is 0 Å². The molecule has 0 saturated heterocycles. The average Bonchev–Trinajstić information content (AvgIpc) is 3.17. The maximum atomic E-state index is 13.4. The Balaban J connectivity index is 2.00. The Morgan fingerprint density at radius 3 is 2.03 bits per heavy atom. The Morgan fingerprint density at radius 2 is 1.52 bits per heavy atom. The molecule has 0 amide bonds. The Kier molecular flexibility index (Phi) is 6.28. The Bertz CT molecular complexity index is 865. The monoisotopic (exact) mass is 434 g/mol. The minimum atomic E-state index is -3.76. The van der Waals surface area contributed by atoms with Gasteiger partial charge >= 0.3 is 0 Å². The zero-order chi connectivity index (χ0) is 21.6. The van der Waals surface area contributed by atoms with Gasteiger partial charge in [-0.25, -0.2) is 8.42 Å². The Morgan fingerprint density at radius 1 is 0.966 bits per heavy atom. The lowest BCUT2D eigenvalue weighted by Gasteiger charge is -2.45. The summed E-state index contributed by atoms with van der Waals surface area (Å²) in [6, 6.07) is 8.37. The van der Waals surface area contributed by atoms with Crippen molar-refractivity contribution in [2.24, 2.45) is 5.92 Å². The van der Waals surface area contributed by atoms with Crippen molar-refractivity contribution in [1.82, 2.24) is 0 Å². The summed E-state index contributed by atoms with van der Waals surface area (Å²) in [5.41, 5.74) is 2.20. The van der Waals surface area contributed by atoms with Gasteiger partial charge < -0.3 is 4.43 Å². The van der Waals surface area contributed by atoms with Gasteiger partial charge in [0.15, 0.2) is 15.6 Å². The molecular formula is C23H34O4SSi. The van der Waals surface area contributed by atoms with Crippen LogP contribution >= 0.6 is 0 Å². The zero-order valence-corrected chi connectivity index (χ0v) is 20.2. The van der Waals surface area contributed by atoms with Crippen LogP contribution in [0.15, 0.2) is 46.9 Å². The van der Waals surface area contributed by atoms with Gasteiger partial charge in [0.2, 0.25) is 8.32 Å². The van der Waals surface area contributed by atoms with Gasteiger partial charge in [-0.3, -0.25) is 4.79 Å². The fourth-order valence-electron chi connectivity index (χ4n) is 5.80. The lowest BCUT2D eigenvalue weighted by atomic mass is 10.0. The summed E-state index contributed by atoms with van der Waals surface area (Å²) >= 11 is 0. The molecule has 0 heterocycles. The number of carbonyl (C=O) groups is 1. The first-order valence-electron chi connectivity index (χ1n) is 10.7. The smallest absolute Gasteiger partial charge is 0.200 e. The highest BCUT2D eigenvalue weighted by Gasteiger charge is 2.55. The van der Waals surface area contributed by atoms with Crippen molar-refractivity contribution in [2.75, 3.05) is 0 Å². The summed E-state index contributed by atoms with van der Waals surface area (Å²) in [5, 5.41) is -1.05. The first kappa shape index (κ1) is 22.4. The van der Waals surface area contributed by atoms with Crippen molar-refractivity contribution in [3.05, 3.63) is 42.0 Å². The number of benzene rings is 1. The largest absolute Gasteiger partial charge is 0.412 e. The molecule has 29 heavy (non-hydrogen) atoms. The number of allylic oxidation sites excluding steroid dienone is 1. The first-order valence-corrected chi connectivity index (χ1v) is 14.4. The molecule has 4 nitrogen and oxygen atoms in total. The molecule has 1 fully saturated rings. The summed E-state index contributed by atoms with van der Waals surface area (Å²) in [5.74, 6) is -0.635. The van der Waals surface area contributed by atoms with Crippen LogP contribution < -0.4 is 0 Å². The predicted octanol–water partition coefficient (Wildman–Crippen LogP) is 5.31. The van der Waals surface area contributed by atoms with Gasteiger partial charge in [-0.1, -0.05) is 65.3 Å². The number of carbonyl (C=O) groups excluding carboxylic acids is 1. The third-order valence-electron chi connectivity index (χ3n) is 6.95. The molecule has 1 saturated carbocycles. The van der Waals surface area contributed by atoms with E-state index in [2.05, 4.69) is 41.5 Å². The van der Waals surface area contributed by atoms with E-state index in [1.807, 2.05) is 0 Å². The molecule has 0 bridgehead atoms. The van der Waals surface area contributed by atoms with Crippen LogP contribution in [-0.2, 0) is 19.1 Å². The van der Waals surface area contributed by atoms with Gasteiger partial charge in [-0.2, -0.15) is 0 Å². The number of rotatable bonds is 7. The number of fused-ring (bicyclic) bond motifs is 1. The van der Waals surface area contributed by atoms with Gasteiger partial charge in [0.05, 0.1) is 11.0 Å². The molecule has 0 aromatic heterocycles. The van der Waals surface area contributed by atoms with E-state index in [1.54, 1.807) is 36.4 Å². The lowest BCUT2D eigenvalue weighted by molar-refractivity contribution is -0.114. The molecule has 2 aliphatic carbocycles. The standard InChI is InChI=1S/C23H34O4SSi/c1-15(2)29(16(3)4,17(5)6)27-21-13-12-18-14-20(24)23(22(18)21)28(25,26)19-10-8-7-9-11-19/h7-11,14-17,21-23H,12-13H2,1-6H3/t21-,22+,23-/m0/s1. The summed E-state index contributed by atoms with van der Waals surface area (Å²) in [6.45, 7) is 13.4. The average molecular weight is 435 g/mol. The summed E-state index contributed by atoms with van der Waals surface area (Å²) in [7, 11) is -5.93. The Hall–Kier alpha value is -1.24. The molecule has 2 aliphatic rings. The maximum Gasteiger partial charge on any atom is 0.200 e. The van der Waals surface area contributed by atoms with E-state index in [0.717, 1.165) is 18.4 Å². The molecule has 1 aromatic rings. The van der Waals surface area contributed by atoms with Crippen molar-refractivity contribution in [3.8, 4) is 0 Å². The molecule has 3 rings (SSSR count). The molecule has 0 N–H and O–H groups in total. The second-order valence-corrected chi connectivity index (χ2v) is 16.9. The molecule has 6 heteroatoms. The molecule has 0 aliphatic heterocycles. The molecular weight excluding hydrogens is 400 g/mol. The third kappa shape index (κ3) is 3.68. The van der Waals surface area contributed by atoms with E-state index in [1.165, 1.54) is 0 Å². The second kappa shape index (κ2) is 8.12. The fourth-order valence-corrected chi connectivity index (χ4v) is 13.3. The number of hydrogen-bond donors (Lipinski definition) is 0. The highest BCUT2D eigenvalue weighted by atomic mass is 32.2. The first-order chi connectivity index (χ1) is 13.5.